The standard InChI is InChI=1S/C14H18N2O3/c1-14(7-8-14)16-13(19)15-11(9-12(17)18)10-5-3-2-4-6-10/h2-6,11H,7-9H2,1H3,(H,17,18)(H2,15,16,19). The van der Waals surface area contributed by atoms with Gasteiger partial charge in [-0.15, -0.1) is 0 Å². The summed E-state index contributed by atoms with van der Waals surface area (Å²) < 4.78 is 0. The largest absolute Gasteiger partial charge is 0.481 e. The molecule has 1 unspecified atom stereocenters. The van der Waals surface area contributed by atoms with Gasteiger partial charge in [0, 0.05) is 5.54 Å². The van der Waals surface area contributed by atoms with Crippen LogP contribution in [0, 0.1) is 0 Å². The Labute approximate surface area is 112 Å². The summed E-state index contributed by atoms with van der Waals surface area (Å²) in [7, 11) is 0. The van der Waals surface area contributed by atoms with Crippen LogP contribution < -0.4 is 10.6 Å². The molecule has 0 aliphatic heterocycles. The Bertz CT molecular complexity index is 469. The number of carbonyl (C=O) groups excluding carboxylic acids is 1. The zero-order chi connectivity index (χ0) is 13.9. The minimum absolute atomic E-state index is 0.117. The van der Waals surface area contributed by atoms with Crippen molar-refractivity contribution in [3.63, 3.8) is 0 Å². The molecule has 0 aromatic heterocycles. The highest BCUT2D eigenvalue weighted by atomic mass is 16.4. The van der Waals surface area contributed by atoms with E-state index in [-0.39, 0.29) is 18.0 Å². The topological polar surface area (TPSA) is 78.4 Å². The number of hydrogen-bond donors (Lipinski definition) is 3. The van der Waals surface area contributed by atoms with Crippen molar-refractivity contribution in [1.29, 1.82) is 0 Å². The van der Waals surface area contributed by atoms with Crippen LogP contribution in [0.25, 0.3) is 0 Å². The summed E-state index contributed by atoms with van der Waals surface area (Å²) in [5.41, 5.74) is 0.676. The van der Waals surface area contributed by atoms with Crippen molar-refractivity contribution in [2.24, 2.45) is 0 Å². The van der Waals surface area contributed by atoms with Gasteiger partial charge < -0.3 is 15.7 Å². The molecule has 0 bridgehead atoms. The van der Waals surface area contributed by atoms with E-state index in [9.17, 15) is 9.59 Å². The van der Waals surface area contributed by atoms with E-state index in [1.165, 1.54) is 0 Å². The van der Waals surface area contributed by atoms with Crippen LogP contribution in [-0.2, 0) is 4.79 Å². The lowest BCUT2D eigenvalue weighted by Crippen LogP contribution is -2.44. The Morgan fingerprint density at radius 1 is 1.32 bits per heavy atom. The molecule has 0 spiro atoms. The lowest BCUT2D eigenvalue weighted by atomic mass is 10.0. The maximum atomic E-state index is 11.8. The Morgan fingerprint density at radius 3 is 2.47 bits per heavy atom. The molecule has 1 aromatic carbocycles. The third-order valence-electron chi connectivity index (χ3n) is 3.30. The van der Waals surface area contributed by atoms with Crippen LogP contribution >= 0.6 is 0 Å². The molecule has 2 rings (SSSR count). The van der Waals surface area contributed by atoms with Gasteiger partial charge in [0.15, 0.2) is 0 Å². The van der Waals surface area contributed by atoms with Gasteiger partial charge >= 0.3 is 12.0 Å². The number of benzene rings is 1. The minimum Gasteiger partial charge on any atom is -0.481 e. The molecule has 1 aliphatic carbocycles. The van der Waals surface area contributed by atoms with Crippen LogP contribution in [-0.4, -0.2) is 22.6 Å². The summed E-state index contributed by atoms with van der Waals surface area (Å²) in [5.74, 6) is -0.938. The number of amides is 2. The quantitative estimate of drug-likeness (QED) is 0.760. The van der Waals surface area contributed by atoms with E-state index in [1.54, 1.807) is 0 Å². The number of carboxylic acids is 1. The Hall–Kier alpha value is -2.04. The van der Waals surface area contributed by atoms with Gasteiger partial charge in [0.25, 0.3) is 0 Å². The fourth-order valence-electron chi connectivity index (χ4n) is 1.89. The molecule has 1 atom stereocenters. The summed E-state index contributed by atoms with van der Waals surface area (Å²) in [6.07, 6.45) is 1.80. The van der Waals surface area contributed by atoms with E-state index in [4.69, 9.17) is 5.11 Å². The molecule has 0 heterocycles. The summed E-state index contributed by atoms with van der Waals surface area (Å²) in [6.45, 7) is 1.97. The van der Waals surface area contributed by atoms with E-state index < -0.39 is 12.0 Å². The van der Waals surface area contributed by atoms with E-state index >= 15 is 0 Å². The molecule has 3 N–H and O–H groups in total. The van der Waals surface area contributed by atoms with Crippen LogP contribution in [0.2, 0.25) is 0 Å². The molecule has 1 fully saturated rings. The first kappa shape index (κ1) is 13.4. The molecular formula is C14H18N2O3. The molecule has 1 aliphatic rings. The summed E-state index contributed by atoms with van der Waals surface area (Å²) in [6, 6.07) is 8.31. The predicted molar refractivity (Wildman–Crippen MR) is 70.7 cm³/mol. The van der Waals surface area contributed by atoms with Gasteiger partial charge in [-0.3, -0.25) is 4.79 Å². The monoisotopic (exact) mass is 262 g/mol. The van der Waals surface area contributed by atoms with E-state index in [0.717, 1.165) is 18.4 Å². The molecule has 102 valence electrons. The highest BCUT2D eigenvalue weighted by molar-refractivity contribution is 5.77. The molecule has 19 heavy (non-hydrogen) atoms. The third kappa shape index (κ3) is 3.98. The molecule has 0 radical (unpaired) electrons. The molecule has 5 nitrogen and oxygen atoms in total. The van der Waals surface area contributed by atoms with Crippen LogP contribution in [0.3, 0.4) is 0 Å². The molecular weight excluding hydrogens is 244 g/mol. The van der Waals surface area contributed by atoms with Gasteiger partial charge in [0.05, 0.1) is 12.5 Å². The fourth-order valence-corrected chi connectivity index (χ4v) is 1.89. The third-order valence-corrected chi connectivity index (χ3v) is 3.30. The number of rotatable bonds is 5. The normalized spacial score (nSPS) is 17.3. The molecule has 0 saturated heterocycles. The van der Waals surface area contributed by atoms with E-state index in [2.05, 4.69) is 10.6 Å². The average molecular weight is 262 g/mol. The van der Waals surface area contributed by atoms with Gasteiger partial charge in [-0.2, -0.15) is 0 Å². The minimum atomic E-state index is -0.938. The molecule has 5 heteroatoms. The van der Waals surface area contributed by atoms with E-state index in [1.807, 2.05) is 37.3 Å². The van der Waals surface area contributed by atoms with Crippen molar-refractivity contribution in [3.05, 3.63) is 35.9 Å². The van der Waals surface area contributed by atoms with Crippen LogP contribution in [0.15, 0.2) is 30.3 Å². The first-order valence-corrected chi connectivity index (χ1v) is 6.34. The van der Waals surface area contributed by atoms with Crippen molar-refractivity contribution >= 4 is 12.0 Å². The highest BCUT2D eigenvalue weighted by Gasteiger charge is 2.39. The zero-order valence-electron chi connectivity index (χ0n) is 10.8. The highest BCUT2D eigenvalue weighted by Crippen LogP contribution is 2.34. The number of carbonyl (C=O) groups is 2. The predicted octanol–water partition coefficient (Wildman–Crippen LogP) is 2.05. The Morgan fingerprint density at radius 2 is 1.95 bits per heavy atom. The second-order valence-corrected chi connectivity index (χ2v) is 5.22. The van der Waals surface area contributed by atoms with Crippen molar-refractivity contribution in [2.75, 3.05) is 0 Å². The van der Waals surface area contributed by atoms with Gasteiger partial charge in [-0.05, 0) is 25.3 Å². The second-order valence-electron chi connectivity index (χ2n) is 5.22. The van der Waals surface area contributed by atoms with Crippen LogP contribution in [0.1, 0.15) is 37.8 Å². The van der Waals surface area contributed by atoms with Crippen molar-refractivity contribution in [1.82, 2.24) is 10.6 Å². The van der Waals surface area contributed by atoms with Gasteiger partial charge in [0.2, 0.25) is 0 Å². The Kier molecular flexibility index (Phi) is 3.74. The molecule has 1 saturated carbocycles. The van der Waals surface area contributed by atoms with Gasteiger partial charge in [-0.25, -0.2) is 4.79 Å². The fraction of sp³-hybridized carbons (Fsp3) is 0.429. The Balaban J connectivity index is 2.01. The average Bonchev–Trinajstić information content (AvgIpc) is 3.06. The number of aliphatic carboxylic acids is 1. The lowest BCUT2D eigenvalue weighted by Gasteiger charge is -2.20. The molecule has 1 aromatic rings. The SMILES string of the molecule is CC1(NC(=O)NC(CC(=O)O)c2ccccc2)CC1. The van der Waals surface area contributed by atoms with Crippen molar-refractivity contribution in [2.45, 2.75) is 37.8 Å². The van der Waals surface area contributed by atoms with Crippen molar-refractivity contribution in [3.8, 4) is 0 Å². The zero-order valence-corrected chi connectivity index (χ0v) is 10.8. The van der Waals surface area contributed by atoms with Gasteiger partial charge in [-0.1, -0.05) is 30.3 Å². The van der Waals surface area contributed by atoms with Gasteiger partial charge in [0.1, 0.15) is 0 Å². The smallest absolute Gasteiger partial charge is 0.315 e. The maximum absolute atomic E-state index is 11.8. The molecule has 2 amide bonds. The summed E-state index contributed by atoms with van der Waals surface area (Å²) in [5, 5.41) is 14.5. The number of carboxylic acid groups (broad SMARTS) is 1. The first-order chi connectivity index (χ1) is 8.98. The lowest BCUT2D eigenvalue weighted by molar-refractivity contribution is -0.137. The van der Waals surface area contributed by atoms with Crippen molar-refractivity contribution < 1.29 is 14.7 Å². The summed E-state index contributed by atoms with van der Waals surface area (Å²) in [4.78, 5) is 22.7. The number of hydrogen-bond acceptors (Lipinski definition) is 2. The summed E-state index contributed by atoms with van der Waals surface area (Å²) >= 11 is 0. The first-order valence-electron chi connectivity index (χ1n) is 6.34. The second kappa shape index (κ2) is 5.30. The number of nitrogens with one attached hydrogen (secondary N) is 2. The van der Waals surface area contributed by atoms with Crippen LogP contribution in [0.4, 0.5) is 4.79 Å². The van der Waals surface area contributed by atoms with Crippen LogP contribution in [0.5, 0.6) is 0 Å². The maximum Gasteiger partial charge on any atom is 0.315 e. The number of urea groups is 1. The van der Waals surface area contributed by atoms with E-state index in [0.29, 0.717) is 0 Å².